The van der Waals surface area contributed by atoms with Crippen LogP contribution >= 0.6 is 0 Å². The van der Waals surface area contributed by atoms with Crippen molar-refractivity contribution < 1.29 is 9.90 Å². The van der Waals surface area contributed by atoms with Crippen LogP contribution in [0.5, 0.6) is 5.75 Å². The molecule has 4 heteroatoms. The van der Waals surface area contributed by atoms with Crippen LogP contribution in [0.25, 0.3) is 0 Å². The summed E-state index contributed by atoms with van der Waals surface area (Å²) >= 11 is 0. The average Bonchev–Trinajstić information content (AvgIpc) is 3.16. The molecular formula is C22H26N2O2. The van der Waals surface area contributed by atoms with E-state index in [9.17, 15) is 9.90 Å². The van der Waals surface area contributed by atoms with Gasteiger partial charge in [0.1, 0.15) is 5.75 Å². The second kappa shape index (κ2) is 7.50. The van der Waals surface area contributed by atoms with Crippen LogP contribution in [0.4, 0.5) is 0 Å². The first kappa shape index (κ1) is 17.1. The van der Waals surface area contributed by atoms with Crippen LogP contribution in [0.15, 0.2) is 48.5 Å². The molecule has 1 aliphatic carbocycles. The standard InChI is InChI=1S/C22H26N2O2/c25-20-11-9-16(10-12-20)14-24-15-18-6-2-1-5-17(18)13-21(24)22(26)23-19-7-3-4-8-19/h1-2,5-6,9-12,19,21,25H,3-4,7-8,13-15H2,(H,23,26). The third kappa shape index (κ3) is 3.75. The van der Waals surface area contributed by atoms with Crippen molar-refractivity contribution in [2.45, 2.75) is 57.3 Å². The summed E-state index contributed by atoms with van der Waals surface area (Å²) in [5.74, 6) is 0.429. The van der Waals surface area contributed by atoms with Gasteiger partial charge in [-0.3, -0.25) is 9.69 Å². The minimum atomic E-state index is -0.140. The summed E-state index contributed by atoms with van der Waals surface area (Å²) in [6.07, 6.45) is 5.40. The molecule has 1 unspecified atom stereocenters. The third-order valence-electron chi connectivity index (χ3n) is 5.67. The minimum absolute atomic E-state index is 0.140. The molecule has 0 bridgehead atoms. The second-order valence-corrected chi connectivity index (χ2v) is 7.55. The summed E-state index contributed by atoms with van der Waals surface area (Å²) in [5, 5.41) is 12.8. The molecule has 2 aromatic carbocycles. The zero-order valence-electron chi connectivity index (χ0n) is 15.0. The van der Waals surface area contributed by atoms with Gasteiger partial charge in [0.15, 0.2) is 0 Å². The summed E-state index contributed by atoms with van der Waals surface area (Å²) in [6.45, 7) is 1.48. The van der Waals surface area contributed by atoms with E-state index in [4.69, 9.17) is 0 Å². The molecule has 2 aromatic rings. The van der Waals surface area contributed by atoms with E-state index in [1.807, 2.05) is 12.1 Å². The van der Waals surface area contributed by atoms with E-state index in [0.717, 1.165) is 31.4 Å². The predicted molar refractivity (Wildman–Crippen MR) is 102 cm³/mol. The lowest BCUT2D eigenvalue weighted by Crippen LogP contribution is -2.51. The number of nitrogens with one attached hydrogen (secondary N) is 1. The van der Waals surface area contributed by atoms with Gasteiger partial charge in [-0.1, -0.05) is 49.2 Å². The Morgan fingerprint density at radius 3 is 2.46 bits per heavy atom. The molecule has 2 N–H and O–H groups in total. The van der Waals surface area contributed by atoms with Crippen LogP contribution in [0.2, 0.25) is 0 Å². The van der Waals surface area contributed by atoms with Gasteiger partial charge in [0, 0.05) is 19.1 Å². The van der Waals surface area contributed by atoms with Gasteiger partial charge in [-0.05, 0) is 48.1 Å². The van der Waals surface area contributed by atoms with Crippen LogP contribution in [-0.2, 0) is 24.3 Å². The van der Waals surface area contributed by atoms with Crippen molar-refractivity contribution in [2.75, 3.05) is 0 Å². The van der Waals surface area contributed by atoms with E-state index in [1.165, 1.54) is 24.0 Å². The van der Waals surface area contributed by atoms with Crippen LogP contribution in [0.3, 0.4) is 0 Å². The van der Waals surface area contributed by atoms with E-state index in [1.54, 1.807) is 12.1 Å². The third-order valence-corrected chi connectivity index (χ3v) is 5.67. The number of hydrogen-bond donors (Lipinski definition) is 2. The monoisotopic (exact) mass is 350 g/mol. The van der Waals surface area contributed by atoms with Gasteiger partial charge in [-0.25, -0.2) is 0 Å². The number of rotatable bonds is 4. The summed E-state index contributed by atoms with van der Waals surface area (Å²) in [5.41, 5.74) is 3.69. The normalized spacial score (nSPS) is 20.7. The molecule has 1 atom stereocenters. The van der Waals surface area contributed by atoms with E-state index in [0.29, 0.717) is 12.6 Å². The first-order valence-corrected chi connectivity index (χ1v) is 9.58. The smallest absolute Gasteiger partial charge is 0.237 e. The van der Waals surface area contributed by atoms with Crippen LogP contribution in [-0.4, -0.2) is 28.0 Å². The number of nitrogens with zero attached hydrogens (tertiary/aromatic N) is 1. The molecule has 4 rings (SSSR count). The Hall–Kier alpha value is -2.33. The fourth-order valence-corrected chi connectivity index (χ4v) is 4.21. The molecule has 1 saturated carbocycles. The molecule has 1 aliphatic heterocycles. The molecule has 0 spiro atoms. The SMILES string of the molecule is O=C(NC1CCCC1)C1Cc2ccccc2CN1Cc1ccc(O)cc1. The molecule has 0 radical (unpaired) electrons. The average molecular weight is 350 g/mol. The highest BCUT2D eigenvalue weighted by Gasteiger charge is 2.32. The van der Waals surface area contributed by atoms with E-state index in [2.05, 4.69) is 34.5 Å². The maximum atomic E-state index is 13.0. The zero-order chi connectivity index (χ0) is 17.9. The van der Waals surface area contributed by atoms with Gasteiger partial charge < -0.3 is 10.4 Å². The number of carbonyl (C=O) groups excluding carboxylic acids is 1. The molecule has 136 valence electrons. The van der Waals surface area contributed by atoms with Crippen molar-refractivity contribution in [1.82, 2.24) is 10.2 Å². The van der Waals surface area contributed by atoms with Crippen molar-refractivity contribution in [3.05, 3.63) is 65.2 Å². The maximum absolute atomic E-state index is 13.0. The van der Waals surface area contributed by atoms with Crippen molar-refractivity contribution in [3.8, 4) is 5.75 Å². The summed E-state index contributed by atoms with van der Waals surface area (Å²) in [7, 11) is 0. The fourth-order valence-electron chi connectivity index (χ4n) is 4.21. The Kier molecular flexibility index (Phi) is 4.93. The Labute approximate surface area is 154 Å². The lowest BCUT2D eigenvalue weighted by molar-refractivity contribution is -0.128. The molecule has 1 fully saturated rings. The lowest BCUT2D eigenvalue weighted by Gasteiger charge is -2.36. The van der Waals surface area contributed by atoms with Crippen LogP contribution < -0.4 is 5.32 Å². The number of aromatic hydroxyl groups is 1. The van der Waals surface area contributed by atoms with Crippen LogP contribution in [0, 0.1) is 0 Å². The first-order chi connectivity index (χ1) is 12.7. The van der Waals surface area contributed by atoms with Crippen molar-refractivity contribution in [1.29, 1.82) is 0 Å². The Balaban J connectivity index is 1.55. The highest BCUT2D eigenvalue weighted by Crippen LogP contribution is 2.26. The Bertz CT molecular complexity index is 766. The Morgan fingerprint density at radius 1 is 1.04 bits per heavy atom. The summed E-state index contributed by atoms with van der Waals surface area (Å²) in [6, 6.07) is 15.9. The zero-order valence-corrected chi connectivity index (χ0v) is 15.0. The second-order valence-electron chi connectivity index (χ2n) is 7.55. The van der Waals surface area contributed by atoms with Gasteiger partial charge in [-0.2, -0.15) is 0 Å². The van der Waals surface area contributed by atoms with Gasteiger partial charge in [0.05, 0.1) is 6.04 Å². The van der Waals surface area contributed by atoms with Gasteiger partial charge in [0.25, 0.3) is 0 Å². The summed E-state index contributed by atoms with van der Waals surface area (Å²) in [4.78, 5) is 15.3. The molecule has 0 aromatic heterocycles. The van der Waals surface area contributed by atoms with Gasteiger partial charge in [0.2, 0.25) is 5.91 Å². The molecule has 26 heavy (non-hydrogen) atoms. The van der Waals surface area contributed by atoms with E-state index < -0.39 is 0 Å². The lowest BCUT2D eigenvalue weighted by atomic mass is 9.92. The molecular weight excluding hydrogens is 324 g/mol. The van der Waals surface area contributed by atoms with Gasteiger partial charge >= 0.3 is 0 Å². The number of phenolic OH excluding ortho intramolecular Hbond substituents is 1. The largest absolute Gasteiger partial charge is 0.508 e. The van der Waals surface area contributed by atoms with E-state index >= 15 is 0 Å². The van der Waals surface area contributed by atoms with Crippen LogP contribution in [0.1, 0.15) is 42.4 Å². The Morgan fingerprint density at radius 2 is 1.73 bits per heavy atom. The highest BCUT2D eigenvalue weighted by atomic mass is 16.3. The molecule has 2 aliphatic rings. The number of hydrogen-bond acceptors (Lipinski definition) is 3. The number of carbonyl (C=O) groups is 1. The molecule has 1 amide bonds. The topological polar surface area (TPSA) is 52.6 Å². The number of fused-ring (bicyclic) bond motifs is 1. The molecule has 4 nitrogen and oxygen atoms in total. The number of amides is 1. The first-order valence-electron chi connectivity index (χ1n) is 9.58. The molecule has 1 heterocycles. The highest BCUT2D eigenvalue weighted by molar-refractivity contribution is 5.82. The number of benzene rings is 2. The predicted octanol–water partition coefficient (Wildman–Crippen LogP) is 3.38. The summed E-state index contributed by atoms with van der Waals surface area (Å²) < 4.78 is 0. The van der Waals surface area contributed by atoms with Crippen molar-refractivity contribution in [2.24, 2.45) is 0 Å². The fraction of sp³-hybridized carbons (Fsp3) is 0.409. The quantitative estimate of drug-likeness (QED) is 0.889. The van der Waals surface area contributed by atoms with Gasteiger partial charge in [-0.15, -0.1) is 0 Å². The number of phenols is 1. The maximum Gasteiger partial charge on any atom is 0.237 e. The molecule has 0 saturated heterocycles. The van der Waals surface area contributed by atoms with Crippen molar-refractivity contribution >= 4 is 5.91 Å². The van der Waals surface area contributed by atoms with Crippen molar-refractivity contribution in [3.63, 3.8) is 0 Å². The van der Waals surface area contributed by atoms with E-state index in [-0.39, 0.29) is 17.7 Å². The minimum Gasteiger partial charge on any atom is -0.508 e.